The average Bonchev–Trinajstić information content (AvgIpc) is 2.60. The lowest BCUT2D eigenvalue weighted by Gasteiger charge is -2.27. The molecule has 128 valence electrons. The fraction of sp³-hybridized carbons (Fsp3) is 0.500. The molecular weight excluding hydrogens is 302 g/mol. The van der Waals surface area contributed by atoms with Gasteiger partial charge in [0.1, 0.15) is 5.82 Å². The summed E-state index contributed by atoms with van der Waals surface area (Å²) in [5.74, 6) is 1.49. The van der Waals surface area contributed by atoms with Crippen LogP contribution in [0.5, 0.6) is 0 Å². The summed E-state index contributed by atoms with van der Waals surface area (Å²) >= 11 is 0. The number of anilines is 2. The van der Waals surface area contributed by atoms with Crippen LogP contribution in [0.4, 0.5) is 11.8 Å². The largest absolute Gasteiger partial charge is 0.393 e. The second-order valence-electron chi connectivity index (χ2n) is 6.43. The molecule has 2 aromatic rings. The molecule has 0 spiro atoms. The summed E-state index contributed by atoms with van der Waals surface area (Å²) in [7, 11) is 0. The van der Waals surface area contributed by atoms with Gasteiger partial charge in [0, 0.05) is 23.5 Å². The molecule has 3 N–H and O–H groups in total. The van der Waals surface area contributed by atoms with Crippen LogP contribution in [0, 0.1) is 13.8 Å². The third kappa shape index (κ3) is 4.20. The molecule has 2 heterocycles. The van der Waals surface area contributed by atoms with E-state index in [1.165, 1.54) is 0 Å². The van der Waals surface area contributed by atoms with Gasteiger partial charge in [-0.2, -0.15) is 4.98 Å². The number of nitrogens with zero attached hydrogens (tertiary/aromatic N) is 3. The molecule has 1 saturated carbocycles. The first kappa shape index (κ1) is 16.6. The second kappa shape index (κ2) is 7.57. The van der Waals surface area contributed by atoms with Crippen molar-refractivity contribution in [1.29, 1.82) is 0 Å². The SMILES string of the molecule is Cc1nc(NCc2ccccn2)nc(N[C@H]2CC[C@H](O)CC2)c1C. The fourth-order valence-corrected chi connectivity index (χ4v) is 2.93. The van der Waals surface area contributed by atoms with E-state index in [4.69, 9.17) is 0 Å². The Hall–Kier alpha value is -2.21. The molecule has 6 nitrogen and oxygen atoms in total. The molecule has 0 aliphatic heterocycles. The molecule has 0 unspecified atom stereocenters. The monoisotopic (exact) mass is 327 g/mol. The smallest absolute Gasteiger partial charge is 0.225 e. The van der Waals surface area contributed by atoms with E-state index < -0.39 is 0 Å². The van der Waals surface area contributed by atoms with Crippen LogP contribution in [0.3, 0.4) is 0 Å². The molecular formula is C18H25N5O. The highest BCUT2D eigenvalue weighted by atomic mass is 16.3. The van der Waals surface area contributed by atoms with Crippen LogP contribution >= 0.6 is 0 Å². The molecule has 3 rings (SSSR count). The minimum absolute atomic E-state index is 0.146. The third-order valence-corrected chi connectivity index (χ3v) is 4.58. The van der Waals surface area contributed by atoms with Crippen LogP contribution in [0.15, 0.2) is 24.4 Å². The summed E-state index contributed by atoms with van der Waals surface area (Å²) < 4.78 is 0. The predicted molar refractivity (Wildman–Crippen MR) is 95.0 cm³/mol. The van der Waals surface area contributed by atoms with Crippen LogP contribution in [-0.2, 0) is 6.54 Å². The van der Waals surface area contributed by atoms with Crippen molar-refractivity contribution in [3.8, 4) is 0 Å². The molecule has 0 saturated heterocycles. The number of hydrogen-bond donors (Lipinski definition) is 3. The van der Waals surface area contributed by atoms with E-state index in [-0.39, 0.29) is 6.10 Å². The van der Waals surface area contributed by atoms with Gasteiger partial charge in [0.2, 0.25) is 5.95 Å². The van der Waals surface area contributed by atoms with E-state index in [0.29, 0.717) is 18.5 Å². The van der Waals surface area contributed by atoms with Gasteiger partial charge in [-0.3, -0.25) is 4.98 Å². The lowest BCUT2D eigenvalue weighted by atomic mass is 9.93. The molecule has 2 aromatic heterocycles. The van der Waals surface area contributed by atoms with Gasteiger partial charge in [0.15, 0.2) is 0 Å². The zero-order chi connectivity index (χ0) is 16.9. The standard InChI is InChI=1S/C18H25N5O/c1-12-13(2)21-18(20-11-15-5-3-4-10-19-15)23-17(12)22-14-6-8-16(24)9-7-14/h3-5,10,14,16,24H,6-9,11H2,1-2H3,(H2,20,21,22,23)/t14-,16-. The van der Waals surface area contributed by atoms with Gasteiger partial charge in [0.05, 0.1) is 18.3 Å². The molecule has 0 radical (unpaired) electrons. The lowest BCUT2D eigenvalue weighted by Crippen LogP contribution is -2.29. The number of aryl methyl sites for hydroxylation is 1. The molecule has 6 heteroatoms. The van der Waals surface area contributed by atoms with E-state index in [1.807, 2.05) is 32.0 Å². The topological polar surface area (TPSA) is 83.0 Å². The maximum absolute atomic E-state index is 9.64. The van der Waals surface area contributed by atoms with E-state index in [1.54, 1.807) is 6.20 Å². The Morgan fingerprint density at radius 2 is 1.92 bits per heavy atom. The summed E-state index contributed by atoms with van der Waals surface area (Å²) in [6.45, 7) is 4.63. The minimum atomic E-state index is -0.146. The molecule has 1 aliphatic carbocycles. The van der Waals surface area contributed by atoms with Gasteiger partial charge in [-0.1, -0.05) is 6.07 Å². The summed E-state index contributed by atoms with van der Waals surface area (Å²) in [4.78, 5) is 13.5. The zero-order valence-electron chi connectivity index (χ0n) is 14.3. The van der Waals surface area contributed by atoms with Crippen molar-refractivity contribution in [3.63, 3.8) is 0 Å². The molecule has 0 atom stereocenters. The van der Waals surface area contributed by atoms with Crippen LogP contribution < -0.4 is 10.6 Å². The molecule has 24 heavy (non-hydrogen) atoms. The van der Waals surface area contributed by atoms with Crippen LogP contribution in [0.2, 0.25) is 0 Å². The molecule has 0 aromatic carbocycles. The number of aromatic nitrogens is 3. The van der Waals surface area contributed by atoms with Gasteiger partial charge in [-0.05, 0) is 51.7 Å². The van der Waals surface area contributed by atoms with Crippen molar-refractivity contribution >= 4 is 11.8 Å². The van der Waals surface area contributed by atoms with E-state index in [0.717, 1.165) is 48.5 Å². The summed E-state index contributed by atoms with van der Waals surface area (Å²) in [6.07, 6.45) is 5.28. The molecule has 1 aliphatic rings. The third-order valence-electron chi connectivity index (χ3n) is 4.58. The summed E-state index contributed by atoms with van der Waals surface area (Å²) in [5.41, 5.74) is 2.99. The number of rotatable bonds is 5. The Morgan fingerprint density at radius 1 is 1.12 bits per heavy atom. The number of pyridine rings is 1. The van der Waals surface area contributed by atoms with Crippen molar-refractivity contribution in [2.45, 2.75) is 58.2 Å². The van der Waals surface area contributed by atoms with E-state index in [9.17, 15) is 5.11 Å². The van der Waals surface area contributed by atoms with Crippen molar-refractivity contribution in [2.24, 2.45) is 0 Å². The highest BCUT2D eigenvalue weighted by Crippen LogP contribution is 2.24. The maximum Gasteiger partial charge on any atom is 0.225 e. The summed E-state index contributed by atoms with van der Waals surface area (Å²) in [5, 5.41) is 16.4. The second-order valence-corrected chi connectivity index (χ2v) is 6.43. The van der Waals surface area contributed by atoms with Crippen LogP contribution in [0.25, 0.3) is 0 Å². The Labute approximate surface area is 142 Å². The van der Waals surface area contributed by atoms with Gasteiger partial charge in [-0.25, -0.2) is 4.98 Å². The fourth-order valence-electron chi connectivity index (χ4n) is 2.93. The van der Waals surface area contributed by atoms with E-state index >= 15 is 0 Å². The maximum atomic E-state index is 9.64. The van der Waals surface area contributed by atoms with Crippen LogP contribution in [-0.4, -0.2) is 32.2 Å². The van der Waals surface area contributed by atoms with E-state index in [2.05, 4.69) is 25.6 Å². The van der Waals surface area contributed by atoms with Gasteiger partial charge in [0.25, 0.3) is 0 Å². The lowest BCUT2D eigenvalue weighted by molar-refractivity contribution is 0.126. The van der Waals surface area contributed by atoms with Gasteiger partial charge < -0.3 is 15.7 Å². The normalized spacial score (nSPS) is 20.6. The number of hydrogen-bond acceptors (Lipinski definition) is 6. The zero-order valence-corrected chi connectivity index (χ0v) is 14.3. The average molecular weight is 327 g/mol. The number of aliphatic hydroxyl groups excluding tert-OH is 1. The highest BCUT2D eigenvalue weighted by Gasteiger charge is 2.20. The molecule has 1 fully saturated rings. The van der Waals surface area contributed by atoms with Gasteiger partial charge in [-0.15, -0.1) is 0 Å². The Kier molecular flexibility index (Phi) is 5.25. The molecule has 0 amide bonds. The van der Waals surface area contributed by atoms with Gasteiger partial charge >= 0.3 is 0 Å². The first-order chi connectivity index (χ1) is 11.6. The first-order valence-electron chi connectivity index (χ1n) is 8.55. The van der Waals surface area contributed by atoms with Crippen molar-refractivity contribution in [2.75, 3.05) is 10.6 Å². The molecule has 0 bridgehead atoms. The number of aliphatic hydroxyl groups is 1. The quantitative estimate of drug-likeness (QED) is 0.783. The first-order valence-corrected chi connectivity index (χ1v) is 8.55. The number of nitrogens with one attached hydrogen (secondary N) is 2. The Balaban J connectivity index is 1.68. The predicted octanol–water partition coefficient (Wildman–Crippen LogP) is 2.82. The Morgan fingerprint density at radius 3 is 2.62 bits per heavy atom. The highest BCUT2D eigenvalue weighted by molar-refractivity contribution is 5.50. The minimum Gasteiger partial charge on any atom is -0.393 e. The van der Waals surface area contributed by atoms with Crippen molar-refractivity contribution < 1.29 is 5.11 Å². The van der Waals surface area contributed by atoms with Crippen LogP contribution in [0.1, 0.15) is 42.6 Å². The Bertz CT molecular complexity index is 669. The van der Waals surface area contributed by atoms with Crippen molar-refractivity contribution in [3.05, 3.63) is 41.3 Å². The summed E-state index contributed by atoms with van der Waals surface area (Å²) in [6, 6.07) is 6.21. The van der Waals surface area contributed by atoms with Crippen molar-refractivity contribution in [1.82, 2.24) is 15.0 Å².